The molecule has 0 amide bonds. The van der Waals surface area contributed by atoms with Gasteiger partial charge in [-0.1, -0.05) is 0 Å². The van der Waals surface area contributed by atoms with Crippen molar-refractivity contribution < 1.29 is 8.78 Å². The van der Waals surface area contributed by atoms with Crippen molar-refractivity contribution in [3.63, 3.8) is 0 Å². The number of alkyl halides is 2. The molecule has 0 aromatic carbocycles. The Kier molecular flexibility index (Phi) is 2.80. The number of rotatable bonds is 3. The summed E-state index contributed by atoms with van der Waals surface area (Å²) >= 11 is 0. The quantitative estimate of drug-likeness (QED) is 0.526. The summed E-state index contributed by atoms with van der Waals surface area (Å²) in [4.78, 5) is 3.89. The molecule has 1 aliphatic rings. The zero-order valence-corrected chi connectivity index (χ0v) is 6.61. The average molecular weight is 178 g/mol. The van der Waals surface area contributed by atoms with E-state index in [1.165, 1.54) is 0 Å². The minimum absolute atomic E-state index is 0.433. The topological polar surface area (TPSA) is 62.4 Å². The van der Waals surface area contributed by atoms with Gasteiger partial charge in [-0.2, -0.15) is 0 Å². The molecule has 4 N–H and O–H groups in total. The second-order valence-corrected chi connectivity index (χ2v) is 2.57. The molecule has 0 aliphatic carbocycles. The number of nitrogens with one attached hydrogen (secondary N) is 2. The van der Waals surface area contributed by atoms with Gasteiger partial charge in [0.25, 0.3) is 5.92 Å². The Morgan fingerprint density at radius 3 is 2.92 bits per heavy atom. The monoisotopic (exact) mass is 178 g/mol. The van der Waals surface area contributed by atoms with Crippen molar-refractivity contribution >= 4 is 5.96 Å². The fourth-order valence-electron chi connectivity index (χ4n) is 0.802. The van der Waals surface area contributed by atoms with Gasteiger partial charge >= 0.3 is 0 Å². The van der Waals surface area contributed by atoms with Gasteiger partial charge in [-0.15, -0.1) is 0 Å². The third kappa shape index (κ3) is 2.61. The zero-order chi connectivity index (χ0) is 9.03. The van der Waals surface area contributed by atoms with Crippen molar-refractivity contribution in [3.8, 4) is 0 Å². The number of hydrogen-bond donors (Lipinski definition) is 3. The molecule has 1 rings (SSSR count). The second kappa shape index (κ2) is 3.66. The Morgan fingerprint density at radius 1 is 1.67 bits per heavy atom. The minimum Gasteiger partial charge on any atom is -0.355 e. The molecule has 0 fully saturated rings. The molecule has 12 heavy (non-hydrogen) atoms. The first-order valence-electron chi connectivity index (χ1n) is 3.74. The lowest BCUT2D eigenvalue weighted by Crippen LogP contribution is -2.44. The number of guanidine groups is 1. The normalized spacial score (nSPS) is 17.1. The maximum absolute atomic E-state index is 12.5. The lowest BCUT2D eigenvalue weighted by molar-refractivity contribution is 0.0161. The van der Waals surface area contributed by atoms with Gasteiger partial charge in [0.05, 0.1) is 19.6 Å². The van der Waals surface area contributed by atoms with Crippen molar-refractivity contribution in [3.05, 3.63) is 0 Å². The predicted molar refractivity (Wildman–Crippen MR) is 42.3 cm³/mol. The zero-order valence-electron chi connectivity index (χ0n) is 6.61. The molecule has 0 saturated heterocycles. The maximum Gasteiger partial charge on any atom is 0.277 e. The lowest BCUT2D eigenvalue weighted by atomic mass is 10.3. The van der Waals surface area contributed by atoms with Crippen molar-refractivity contribution in [2.24, 2.45) is 10.7 Å². The van der Waals surface area contributed by atoms with Gasteiger partial charge in [0.15, 0.2) is 5.96 Å². The molecule has 0 spiro atoms. The van der Waals surface area contributed by atoms with E-state index in [0.29, 0.717) is 19.0 Å². The molecule has 0 saturated carbocycles. The third-order valence-corrected chi connectivity index (χ3v) is 1.49. The fourth-order valence-corrected chi connectivity index (χ4v) is 0.802. The smallest absolute Gasteiger partial charge is 0.277 e. The van der Waals surface area contributed by atoms with E-state index in [1.807, 2.05) is 0 Å². The van der Waals surface area contributed by atoms with Gasteiger partial charge in [0.2, 0.25) is 0 Å². The van der Waals surface area contributed by atoms with Crippen molar-refractivity contribution in [2.45, 2.75) is 5.92 Å². The summed E-state index contributed by atoms with van der Waals surface area (Å²) in [6.45, 7) is 0.232. The largest absolute Gasteiger partial charge is 0.355 e. The molecule has 0 radical (unpaired) electrons. The van der Waals surface area contributed by atoms with Gasteiger partial charge in [-0.25, -0.2) is 8.78 Å². The third-order valence-electron chi connectivity index (χ3n) is 1.49. The summed E-state index contributed by atoms with van der Waals surface area (Å²) < 4.78 is 25.1. The Balaban J connectivity index is 2.24. The van der Waals surface area contributed by atoms with E-state index in [4.69, 9.17) is 5.73 Å². The molecule has 0 atom stereocenters. The summed E-state index contributed by atoms with van der Waals surface area (Å²) in [6, 6.07) is 0. The van der Waals surface area contributed by atoms with E-state index < -0.39 is 19.0 Å². The highest BCUT2D eigenvalue weighted by Crippen LogP contribution is 2.08. The van der Waals surface area contributed by atoms with Crippen LogP contribution in [-0.4, -0.2) is 38.1 Å². The summed E-state index contributed by atoms with van der Waals surface area (Å²) in [6.07, 6.45) is 0. The molecule has 0 aromatic rings. The van der Waals surface area contributed by atoms with Crippen LogP contribution in [0.1, 0.15) is 0 Å². The first kappa shape index (κ1) is 9.18. The molecule has 1 aliphatic heterocycles. The van der Waals surface area contributed by atoms with Gasteiger partial charge in [-0.3, -0.25) is 4.99 Å². The first-order valence-corrected chi connectivity index (χ1v) is 3.74. The highest BCUT2D eigenvalue weighted by molar-refractivity contribution is 5.81. The SMILES string of the molecule is NCC(F)(F)CNC1=NCCN1. The van der Waals surface area contributed by atoms with Crippen LogP contribution in [0.25, 0.3) is 0 Å². The highest BCUT2D eigenvalue weighted by atomic mass is 19.3. The molecule has 4 nitrogen and oxygen atoms in total. The fraction of sp³-hybridized carbons (Fsp3) is 0.833. The van der Waals surface area contributed by atoms with E-state index in [2.05, 4.69) is 15.6 Å². The summed E-state index contributed by atoms with van der Waals surface area (Å²) in [7, 11) is 0. The van der Waals surface area contributed by atoms with Gasteiger partial charge in [0.1, 0.15) is 0 Å². The lowest BCUT2D eigenvalue weighted by Gasteiger charge is -2.14. The molecular formula is C6H12F2N4. The van der Waals surface area contributed by atoms with Crippen LogP contribution in [0.4, 0.5) is 8.78 Å². The molecule has 6 heteroatoms. The number of nitrogens with zero attached hydrogens (tertiary/aromatic N) is 1. The summed E-state index contributed by atoms with van der Waals surface area (Å²) in [5.41, 5.74) is 4.84. The molecule has 1 heterocycles. The van der Waals surface area contributed by atoms with E-state index in [1.54, 1.807) is 0 Å². The maximum atomic E-state index is 12.5. The van der Waals surface area contributed by atoms with Gasteiger partial charge in [-0.05, 0) is 0 Å². The Morgan fingerprint density at radius 2 is 2.42 bits per heavy atom. The molecule has 0 bridgehead atoms. The van der Waals surface area contributed by atoms with Crippen LogP contribution in [0.2, 0.25) is 0 Å². The van der Waals surface area contributed by atoms with Crippen LogP contribution in [-0.2, 0) is 0 Å². The molecule has 70 valence electrons. The van der Waals surface area contributed by atoms with Crippen molar-refractivity contribution in [1.29, 1.82) is 0 Å². The van der Waals surface area contributed by atoms with E-state index in [0.717, 1.165) is 0 Å². The predicted octanol–water partition coefficient (Wildman–Crippen LogP) is -0.871. The van der Waals surface area contributed by atoms with Gasteiger partial charge in [0, 0.05) is 6.54 Å². The van der Waals surface area contributed by atoms with Crippen LogP contribution < -0.4 is 16.4 Å². The van der Waals surface area contributed by atoms with Crippen molar-refractivity contribution in [1.82, 2.24) is 10.6 Å². The summed E-state index contributed by atoms with van der Waals surface area (Å²) in [5.74, 6) is -2.42. The molecule has 0 aromatic heterocycles. The highest BCUT2D eigenvalue weighted by Gasteiger charge is 2.26. The van der Waals surface area contributed by atoms with Crippen LogP contribution in [0.3, 0.4) is 0 Å². The Hall–Kier alpha value is -0.910. The van der Waals surface area contributed by atoms with E-state index in [9.17, 15) is 8.78 Å². The van der Waals surface area contributed by atoms with Crippen LogP contribution in [0.5, 0.6) is 0 Å². The first-order chi connectivity index (χ1) is 5.64. The van der Waals surface area contributed by atoms with Crippen molar-refractivity contribution in [2.75, 3.05) is 26.2 Å². The minimum atomic E-state index is -2.85. The number of aliphatic imine (C=N–C) groups is 1. The number of halogens is 2. The van der Waals surface area contributed by atoms with Gasteiger partial charge < -0.3 is 16.4 Å². The van der Waals surface area contributed by atoms with Crippen LogP contribution >= 0.6 is 0 Å². The van der Waals surface area contributed by atoms with Crippen LogP contribution in [0.15, 0.2) is 4.99 Å². The number of nitrogens with two attached hydrogens (primary N) is 1. The standard InChI is InChI=1S/C6H12F2N4/c7-6(8,3-9)4-12-5-10-1-2-11-5/h1-4,9H2,(H2,10,11,12). The Labute approximate surface area is 69.2 Å². The van der Waals surface area contributed by atoms with E-state index in [-0.39, 0.29) is 0 Å². The number of hydrogen-bond acceptors (Lipinski definition) is 4. The Bertz CT molecular complexity index is 180. The van der Waals surface area contributed by atoms with Crippen LogP contribution in [0, 0.1) is 0 Å². The summed E-state index contributed by atoms with van der Waals surface area (Å²) in [5, 5.41) is 5.30. The molecular weight excluding hydrogens is 166 g/mol. The second-order valence-electron chi connectivity index (χ2n) is 2.57. The molecule has 0 unspecified atom stereocenters. The average Bonchev–Trinajstić information content (AvgIpc) is 2.53. The van der Waals surface area contributed by atoms with E-state index >= 15 is 0 Å².